The molecule has 10 heteroatoms. The summed E-state index contributed by atoms with van der Waals surface area (Å²) in [5, 5.41) is 11.5. The van der Waals surface area contributed by atoms with Crippen LogP contribution < -0.4 is 20.9 Å². The van der Waals surface area contributed by atoms with Crippen molar-refractivity contribution in [2.45, 2.75) is 30.0 Å². The summed E-state index contributed by atoms with van der Waals surface area (Å²) in [4.78, 5) is 29.0. The fraction of sp³-hybridized carbons (Fsp3) is 0.167. The van der Waals surface area contributed by atoms with Gasteiger partial charge in [0.15, 0.2) is 15.8 Å². The van der Waals surface area contributed by atoms with E-state index in [1.165, 1.54) is 11.8 Å². The number of rotatable bonds is 11. The Hall–Kier alpha value is -4.22. The first-order chi connectivity index (χ1) is 19.4. The Morgan fingerprint density at radius 1 is 1.05 bits per heavy atom. The van der Waals surface area contributed by atoms with Crippen molar-refractivity contribution in [3.05, 3.63) is 114 Å². The molecule has 3 aromatic carbocycles. The molecule has 4 aromatic rings. The SMILES string of the molecule is CC[N+]1(NCc2ccccc2)Nc2cc(C(=O)Nc3cccc([S+]([O-])C(CC(=O)O)c4cccnc4)c3)ccc21. The number of carbonyl (C=O) groups is 2. The van der Waals surface area contributed by atoms with Crippen LogP contribution in [0.15, 0.2) is 102 Å². The lowest BCUT2D eigenvalue weighted by Crippen LogP contribution is -2.68. The van der Waals surface area contributed by atoms with Crippen LogP contribution in [0.5, 0.6) is 0 Å². The number of aromatic nitrogens is 1. The summed E-state index contributed by atoms with van der Waals surface area (Å²) >= 11 is -1.68. The third kappa shape index (κ3) is 5.85. The minimum Gasteiger partial charge on any atom is -0.611 e. The van der Waals surface area contributed by atoms with E-state index in [0.717, 1.165) is 17.9 Å². The number of amides is 1. The highest BCUT2D eigenvalue weighted by Crippen LogP contribution is 2.41. The van der Waals surface area contributed by atoms with Gasteiger partial charge in [-0.1, -0.05) is 42.5 Å². The summed E-state index contributed by atoms with van der Waals surface area (Å²) in [6.07, 6.45) is 2.80. The molecule has 0 saturated carbocycles. The van der Waals surface area contributed by atoms with Crippen molar-refractivity contribution >= 4 is 40.1 Å². The highest BCUT2D eigenvalue weighted by molar-refractivity contribution is 7.91. The minimum absolute atomic E-state index is 0.305. The van der Waals surface area contributed by atoms with E-state index < -0.39 is 22.4 Å². The number of hydrogen-bond acceptors (Lipinski definition) is 6. The van der Waals surface area contributed by atoms with Gasteiger partial charge >= 0.3 is 5.97 Å². The number of carboxylic acid groups (broad SMARTS) is 1. The normalized spacial score (nSPS) is 17.1. The smallest absolute Gasteiger partial charge is 0.308 e. The van der Waals surface area contributed by atoms with Gasteiger partial charge in [0.2, 0.25) is 5.69 Å². The van der Waals surface area contributed by atoms with Gasteiger partial charge in [-0.2, -0.15) is 0 Å². The number of nitrogens with zero attached hydrogens (tertiary/aromatic N) is 2. The maximum Gasteiger partial charge on any atom is 0.308 e. The summed E-state index contributed by atoms with van der Waals surface area (Å²) in [7, 11) is 0. The highest BCUT2D eigenvalue weighted by atomic mass is 32.2. The van der Waals surface area contributed by atoms with Crippen LogP contribution >= 0.6 is 0 Å². The lowest BCUT2D eigenvalue weighted by Gasteiger charge is -2.44. The Labute approximate surface area is 235 Å². The second kappa shape index (κ2) is 11.9. The molecule has 9 nitrogen and oxygen atoms in total. The van der Waals surface area contributed by atoms with Crippen molar-refractivity contribution < 1.29 is 19.2 Å². The van der Waals surface area contributed by atoms with E-state index >= 15 is 0 Å². The lowest BCUT2D eigenvalue weighted by atomic mass is 10.1. The number of fused-ring (bicyclic) bond motifs is 1. The second-order valence-corrected chi connectivity index (χ2v) is 11.1. The van der Waals surface area contributed by atoms with Gasteiger partial charge in [-0.3, -0.25) is 14.6 Å². The van der Waals surface area contributed by atoms with Gasteiger partial charge in [0.1, 0.15) is 6.54 Å². The molecule has 3 unspecified atom stereocenters. The van der Waals surface area contributed by atoms with E-state index in [1.807, 2.05) is 30.3 Å². The first kappa shape index (κ1) is 27.4. The molecule has 0 fully saturated rings. The van der Waals surface area contributed by atoms with Crippen LogP contribution in [0.25, 0.3) is 0 Å². The summed E-state index contributed by atoms with van der Waals surface area (Å²) < 4.78 is 13.8. The monoisotopic (exact) mass is 556 g/mol. The number of quaternary nitrogens is 1. The Morgan fingerprint density at radius 3 is 2.58 bits per heavy atom. The predicted octanol–water partition coefficient (Wildman–Crippen LogP) is 5.03. The van der Waals surface area contributed by atoms with Crippen LogP contribution in [0, 0.1) is 0 Å². The van der Waals surface area contributed by atoms with E-state index in [9.17, 15) is 19.2 Å². The Bertz CT molecular complexity index is 1500. The van der Waals surface area contributed by atoms with Gasteiger partial charge in [0.25, 0.3) is 5.91 Å². The molecule has 5 rings (SSSR count). The standard InChI is InChI=1S/C30H29N5O4S/c1-2-35(32-19-21-8-4-3-5-9-21)27-14-13-22(16-26(27)34-35)30(38)33-24-11-6-12-25(17-24)40(39)28(18-29(36)37)23-10-7-15-31-20-23/h3-17,20,28,32,34H,2,18-19H2,1H3,(H-,33,36,37,38)/p+1. The first-order valence-corrected chi connectivity index (χ1v) is 14.1. The lowest BCUT2D eigenvalue weighted by molar-refractivity contribution is -0.137. The second-order valence-electron chi connectivity index (χ2n) is 9.44. The molecular weight excluding hydrogens is 526 g/mol. The Kier molecular flexibility index (Phi) is 8.13. The summed E-state index contributed by atoms with van der Waals surface area (Å²) in [5.41, 5.74) is 11.6. The number of nitrogens with one attached hydrogen (secondary N) is 3. The van der Waals surface area contributed by atoms with Crippen LogP contribution in [0.1, 0.15) is 40.1 Å². The van der Waals surface area contributed by atoms with E-state index in [0.29, 0.717) is 33.0 Å². The van der Waals surface area contributed by atoms with Gasteiger partial charge in [0, 0.05) is 41.3 Å². The molecule has 0 saturated heterocycles. The molecule has 2 heterocycles. The number of pyridine rings is 1. The molecule has 1 amide bonds. The maximum absolute atomic E-state index is 13.4. The van der Waals surface area contributed by atoms with Crippen LogP contribution in [0.2, 0.25) is 0 Å². The van der Waals surface area contributed by atoms with Gasteiger partial charge in [-0.25, -0.2) is 5.43 Å². The zero-order valence-electron chi connectivity index (χ0n) is 21.9. The van der Waals surface area contributed by atoms with E-state index in [-0.39, 0.29) is 12.3 Å². The average Bonchev–Trinajstić information content (AvgIpc) is 2.97. The van der Waals surface area contributed by atoms with Crippen molar-refractivity contribution in [3.63, 3.8) is 0 Å². The zero-order valence-corrected chi connectivity index (χ0v) is 22.7. The van der Waals surface area contributed by atoms with Crippen LogP contribution in [-0.4, -0.2) is 33.1 Å². The number of benzene rings is 3. The van der Waals surface area contributed by atoms with Crippen molar-refractivity contribution in [1.82, 2.24) is 15.1 Å². The van der Waals surface area contributed by atoms with Gasteiger partial charge in [0.05, 0.1) is 13.0 Å². The molecule has 1 aliphatic rings. The third-order valence-corrected chi connectivity index (χ3v) is 8.52. The van der Waals surface area contributed by atoms with Crippen molar-refractivity contribution in [1.29, 1.82) is 0 Å². The van der Waals surface area contributed by atoms with Gasteiger partial charge < -0.3 is 15.0 Å². The quantitative estimate of drug-likeness (QED) is 0.151. The molecule has 0 radical (unpaired) electrons. The van der Waals surface area contributed by atoms with Crippen LogP contribution in [0.3, 0.4) is 0 Å². The van der Waals surface area contributed by atoms with Crippen molar-refractivity contribution in [2.24, 2.45) is 0 Å². The Morgan fingerprint density at radius 2 is 1.88 bits per heavy atom. The van der Waals surface area contributed by atoms with E-state index in [4.69, 9.17) is 0 Å². The van der Waals surface area contributed by atoms with Crippen LogP contribution in [0.4, 0.5) is 17.1 Å². The number of carbonyl (C=O) groups excluding carboxylic acids is 1. The molecule has 0 aliphatic carbocycles. The molecule has 1 aromatic heterocycles. The molecule has 3 atom stereocenters. The summed E-state index contributed by atoms with van der Waals surface area (Å²) in [5.74, 6) is -1.36. The summed E-state index contributed by atoms with van der Waals surface area (Å²) in [6, 6.07) is 25.8. The van der Waals surface area contributed by atoms with Gasteiger partial charge in [-0.05, 0) is 54.0 Å². The first-order valence-electron chi connectivity index (χ1n) is 12.9. The maximum atomic E-state index is 13.4. The molecule has 4 N–H and O–H groups in total. The molecule has 204 valence electrons. The fourth-order valence-electron chi connectivity index (χ4n) is 4.73. The molecular formula is C30H30N5O4S+. The molecule has 0 spiro atoms. The van der Waals surface area contributed by atoms with Crippen molar-refractivity contribution in [3.8, 4) is 0 Å². The van der Waals surface area contributed by atoms with Crippen LogP contribution in [-0.2, 0) is 22.5 Å². The topological polar surface area (TPSA) is 126 Å². The minimum atomic E-state index is -1.68. The fourth-order valence-corrected chi connectivity index (χ4v) is 6.19. The number of carboxylic acids is 1. The number of hydrogen-bond donors (Lipinski definition) is 4. The largest absolute Gasteiger partial charge is 0.611 e. The number of aliphatic carboxylic acids is 1. The highest BCUT2D eigenvalue weighted by Gasteiger charge is 2.43. The van der Waals surface area contributed by atoms with Gasteiger partial charge in [-0.15, -0.1) is 10.1 Å². The van der Waals surface area contributed by atoms with E-state index in [1.54, 1.807) is 48.7 Å². The third-order valence-electron chi connectivity index (χ3n) is 6.85. The zero-order chi connectivity index (χ0) is 28.1. The average molecular weight is 557 g/mol. The summed E-state index contributed by atoms with van der Waals surface area (Å²) in [6.45, 7) is 3.55. The predicted molar refractivity (Wildman–Crippen MR) is 156 cm³/mol. The molecule has 40 heavy (non-hydrogen) atoms. The van der Waals surface area contributed by atoms with E-state index in [2.05, 4.69) is 40.2 Å². The molecule has 1 aliphatic heterocycles. The number of anilines is 2. The Balaban J connectivity index is 1.28. The van der Waals surface area contributed by atoms with Crippen molar-refractivity contribution in [2.75, 3.05) is 17.3 Å². The molecule has 0 bridgehead atoms.